The van der Waals surface area contributed by atoms with Crippen LogP contribution in [0.15, 0.2) is 12.2 Å². The molecule has 0 aromatic heterocycles. The smallest absolute Gasteiger partial charge is 0.253 e. The normalized spacial score (nSPS) is 15.6. The highest BCUT2D eigenvalue weighted by Gasteiger charge is 2.21. The van der Waals surface area contributed by atoms with E-state index in [4.69, 9.17) is 0 Å². The van der Waals surface area contributed by atoms with Crippen LogP contribution in [-0.2, 0) is 9.59 Å². The minimum atomic E-state index is -0.167. The highest BCUT2D eigenvalue weighted by atomic mass is 16.2. The van der Waals surface area contributed by atoms with Crippen molar-refractivity contribution >= 4 is 11.8 Å². The van der Waals surface area contributed by atoms with E-state index in [1.165, 1.54) is 29.9 Å². The highest BCUT2D eigenvalue weighted by Crippen LogP contribution is 2.08. The van der Waals surface area contributed by atoms with Crippen molar-refractivity contribution in [1.29, 1.82) is 0 Å². The molecule has 1 aliphatic heterocycles. The maximum atomic E-state index is 11.3. The number of carbonyl (C=O) groups is 2. The fraction of sp³-hybridized carbons (Fsp3) is 0.733. The maximum absolute atomic E-state index is 11.3. The van der Waals surface area contributed by atoms with Crippen LogP contribution in [0.2, 0.25) is 0 Å². The molecular weight excluding hydrogens is 240 g/mol. The summed E-state index contributed by atoms with van der Waals surface area (Å²) in [7, 11) is 0. The van der Waals surface area contributed by atoms with Gasteiger partial charge in [-0.15, -0.1) is 0 Å². The molecule has 108 valence electrons. The molecule has 0 saturated heterocycles. The lowest BCUT2D eigenvalue weighted by molar-refractivity contribution is -0.136. The second kappa shape index (κ2) is 7.43. The van der Waals surface area contributed by atoms with Crippen molar-refractivity contribution in [3.63, 3.8) is 0 Å². The first-order valence-electron chi connectivity index (χ1n) is 7.19. The molecule has 0 bridgehead atoms. The molecule has 0 saturated carbocycles. The summed E-state index contributed by atoms with van der Waals surface area (Å²) >= 11 is 0. The fourth-order valence-corrected chi connectivity index (χ4v) is 2.04. The van der Waals surface area contributed by atoms with Crippen LogP contribution in [0.4, 0.5) is 0 Å². The number of carbonyl (C=O) groups excluding carboxylic acids is 2. The number of hydrogen-bond donors (Lipinski definition) is 1. The second-order valence-corrected chi connectivity index (χ2v) is 6.11. The number of imide groups is 1. The Morgan fingerprint density at radius 1 is 0.947 bits per heavy atom. The standard InChI is InChI=1S/C15H26N2O2/c1-15(2,3)16-11-7-5-4-6-8-12-17-13(18)9-10-14(17)19/h9-10,16H,4-8,11-12H2,1-3H3. The van der Waals surface area contributed by atoms with E-state index in [1.54, 1.807) is 0 Å². The van der Waals surface area contributed by atoms with Crippen molar-refractivity contribution in [1.82, 2.24) is 10.2 Å². The molecular formula is C15H26N2O2. The Labute approximate surface area is 116 Å². The van der Waals surface area contributed by atoms with Crippen LogP contribution in [0.3, 0.4) is 0 Å². The van der Waals surface area contributed by atoms with E-state index in [0.717, 1.165) is 25.8 Å². The topological polar surface area (TPSA) is 49.4 Å². The average molecular weight is 266 g/mol. The van der Waals surface area contributed by atoms with Crippen LogP contribution < -0.4 is 5.32 Å². The summed E-state index contributed by atoms with van der Waals surface area (Å²) in [5, 5.41) is 3.46. The molecule has 0 radical (unpaired) electrons. The van der Waals surface area contributed by atoms with Crippen molar-refractivity contribution in [3.8, 4) is 0 Å². The molecule has 4 heteroatoms. The first-order valence-corrected chi connectivity index (χ1v) is 7.19. The van der Waals surface area contributed by atoms with Gasteiger partial charge in [0.15, 0.2) is 0 Å². The van der Waals surface area contributed by atoms with E-state index >= 15 is 0 Å². The Hall–Kier alpha value is -1.16. The largest absolute Gasteiger partial charge is 0.312 e. The summed E-state index contributed by atoms with van der Waals surface area (Å²) in [6.07, 6.45) is 8.22. The van der Waals surface area contributed by atoms with E-state index in [1.807, 2.05) is 0 Å². The van der Waals surface area contributed by atoms with Gasteiger partial charge in [0, 0.05) is 24.2 Å². The van der Waals surface area contributed by atoms with Gasteiger partial charge < -0.3 is 5.32 Å². The Balaban J connectivity index is 1.95. The summed E-state index contributed by atoms with van der Waals surface area (Å²) in [6.45, 7) is 8.13. The van der Waals surface area contributed by atoms with Crippen LogP contribution in [0.25, 0.3) is 0 Å². The third-order valence-corrected chi connectivity index (χ3v) is 3.11. The number of nitrogens with zero attached hydrogens (tertiary/aromatic N) is 1. The predicted molar refractivity (Wildman–Crippen MR) is 76.7 cm³/mol. The molecule has 19 heavy (non-hydrogen) atoms. The van der Waals surface area contributed by atoms with E-state index < -0.39 is 0 Å². The molecule has 1 heterocycles. The van der Waals surface area contributed by atoms with Crippen molar-refractivity contribution < 1.29 is 9.59 Å². The molecule has 0 aromatic rings. The van der Waals surface area contributed by atoms with Crippen molar-refractivity contribution in [2.45, 2.75) is 58.4 Å². The third-order valence-electron chi connectivity index (χ3n) is 3.11. The van der Waals surface area contributed by atoms with Crippen LogP contribution in [0.5, 0.6) is 0 Å². The van der Waals surface area contributed by atoms with Gasteiger partial charge >= 0.3 is 0 Å². The molecule has 0 fully saturated rings. The Morgan fingerprint density at radius 2 is 1.47 bits per heavy atom. The van der Waals surface area contributed by atoms with Crippen molar-refractivity contribution in [2.24, 2.45) is 0 Å². The van der Waals surface area contributed by atoms with Gasteiger partial charge in [0.2, 0.25) is 0 Å². The zero-order valence-corrected chi connectivity index (χ0v) is 12.4. The maximum Gasteiger partial charge on any atom is 0.253 e. The highest BCUT2D eigenvalue weighted by molar-refractivity contribution is 6.12. The van der Waals surface area contributed by atoms with Gasteiger partial charge in [-0.1, -0.05) is 19.3 Å². The van der Waals surface area contributed by atoms with Gasteiger partial charge in [-0.2, -0.15) is 0 Å². The Morgan fingerprint density at radius 3 is 2.05 bits per heavy atom. The minimum absolute atomic E-state index is 0.167. The molecule has 1 aliphatic rings. The van der Waals surface area contributed by atoms with Crippen LogP contribution >= 0.6 is 0 Å². The van der Waals surface area contributed by atoms with Gasteiger partial charge in [0.1, 0.15) is 0 Å². The Bertz CT molecular complexity index is 325. The fourth-order valence-electron chi connectivity index (χ4n) is 2.04. The molecule has 1 N–H and O–H groups in total. The van der Waals surface area contributed by atoms with Gasteiger partial charge in [-0.3, -0.25) is 14.5 Å². The van der Waals surface area contributed by atoms with E-state index in [-0.39, 0.29) is 17.4 Å². The lowest BCUT2D eigenvalue weighted by Crippen LogP contribution is -2.36. The monoisotopic (exact) mass is 266 g/mol. The minimum Gasteiger partial charge on any atom is -0.312 e. The number of rotatable bonds is 8. The van der Waals surface area contributed by atoms with Crippen molar-refractivity contribution in [3.05, 3.63) is 12.2 Å². The number of nitrogens with one attached hydrogen (secondary N) is 1. The van der Waals surface area contributed by atoms with Crippen molar-refractivity contribution in [2.75, 3.05) is 13.1 Å². The first-order chi connectivity index (χ1) is 8.90. The van der Waals surface area contributed by atoms with E-state index in [0.29, 0.717) is 6.54 Å². The SMILES string of the molecule is CC(C)(C)NCCCCCCCN1C(=O)C=CC1=O. The van der Waals surface area contributed by atoms with Gasteiger partial charge in [0.05, 0.1) is 0 Å². The zero-order chi connectivity index (χ0) is 14.3. The number of unbranched alkanes of at least 4 members (excludes halogenated alkanes) is 4. The number of amides is 2. The molecule has 4 nitrogen and oxygen atoms in total. The van der Waals surface area contributed by atoms with Gasteiger partial charge in [-0.25, -0.2) is 0 Å². The number of hydrogen-bond acceptors (Lipinski definition) is 3. The quantitative estimate of drug-likeness (QED) is 0.541. The molecule has 0 unspecified atom stereocenters. The molecule has 0 aliphatic carbocycles. The predicted octanol–water partition coefficient (Wildman–Crippen LogP) is 2.25. The molecule has 0 spiro atoms. The molecule has 2 amide bonds. The first kappa shape index (κ1) is 15.9. The Kier molecular flexibility index (Phi) is 6.22. The van der Waals surface area contributed by atoms with Gasteiger partial charge in [0.25, 0.3) is 11.8 Å². The summed E-state index contributed by atoms with van der Waals surface area (Å²) < 4.78 is 0. The molecule has 0 aromatic carbocycles. The lowest BCUT2D eigenvalue weighted by Gasteiger charge is -2.20. The van der Waals surface area contributed by atoms with E-state index in [2.05, 4.69) is 26.1 Å². The van der Waals surface area contributed by atoms with Crippen LogP contribution in [-0.4, -0.2) is 35.3 Å². The van der Waals surface area contributed by atoms with Gasteiger partial charge in [-0.05, 0) is 40.2 Å². The van der Waals surface area contributed by atoms with Crippen LogP contribution in [0.1, 0.15) is 52.9 Å². The zero-order valence-electron chi connectivity index (χ0n) is 12.4. The summed E-state index contributed by atoms with van der Waals surface area (Å²) in [5.74, 6) is -0.334. The average Bonchev–Trinajstić information content (AvgIpc) is 2.62. The lowest BCUT2D eigenvalue weighted by atomic mass is 10.1. The summed E-state index contributed by atoms with van der Waals surface area (Å²) in [6, 6.07) is 0. The third kappa shape index (κ3) is 6.53. The second-order valence-electron chi connectivity index (χ2n) is 6.11. The molecule has 0 atom stereocenters. The summed E-state index contributed by atoms with van der Waals surface area (Å²) in [4.78, 5) is 23.9. The van der Waals surface area contributed by atoms with E-state index in [9.17, 15) is 9.59 Å². The molecule has 1 rings (SSSR count). The van der Waals surface area contributed by atoms with Crippen LogP contribution in [0, 0.1) is 0 Å². The summed E-state index contributed by atoms with van der Waals surface area (Å²) in [5.41, 5.74) is 0.198.